The van der Waals surface area contributed by atoms with Crippen molar-refractivity contribution in [2.24, 2.45) is 0 Å². The molecule has 0 aromatic heterocycles. The Morgan fingerprint density at radius 3 is 2.85 bits per heavy atom. The smallest absolute Gasteiger partial charge is 0.319 e. The predicted octanol–water partition coefficient (Wildman–Crippen LogP) is 3.41. The van der Waals surface area contributed by atoms with Gasteiger partial charge in [0.2, 0.25) is 0 Å². The van der Waals surface area contributed by atoms with Gasteiger partial charge in [-0.1, -0.05) is 12.1 Å². The van der Waals surface area contributed by atoms with E-state index in [-0.39, 0.29) is 18.2 Å². The maximum atomic E-state index is 12.1. The Morgan fingerprint density at radius 2 is 2.20 bits per heavy atom. The van der Waals surface area contributed by atoms with Crippen molar-refractivity contribution in [2.75, 3.05) is 18.7 Å². The van der Waals surface area contributed by atoms with Crippen LogP contribution in [0.25, 0.3) is 0 Å². The molecule has 0 aliphatic heterocycles. The van der Waals surface area contributed by atoms with E-state index in [1.54, 1.807) is 18.9 Å². The minimum atomic E-state index is -0.128. The van der Waals surface area contributed by atoms with Crippen LogP contribution in [-0.4, -0.2) is 31.5 Å². The molecule has 110 valence electrons. The quantitative estimate of drug-likeness (QED) is 0.837. The molecule has 1 saturated carbocycles. The zero-order chi connectivity index (χ0) is 14.5. The molecule has 0 unspecified atom stereocenters. The van der Waals surface area contributed by atoms with E-state index >= 15 is 0 Å². The summed E-state index contributed by atoms with van der Waals surface area (Å²) in [6, 6.07) is 6.11. The van der Waals surface area contributed by atoms with Crippen molar-refractivity contribution in [3.63, 3.8) is 0 Å². The van der Waals surface area contributed by atoms with E-state index in [4.69, 9.17) is 4.74 Å². The first-order valence-electron chi connectivity index (χ1n) is 6.88. The van der Waals surface area contributed by atoms with Crippen molar-refractivity contribution in [3.05, 3.63) is 23.8 Å². The van der Waals surface area contributed by atoms with Gasteiger partial charge < -0.3 is 15.4 Å². The first-order valence-corrected chi connectivity index (χ1v) is 8.10. The monoisotopic (exact) mass is 294 g/mol. The number of carbonyl (C=O) groups excluding carboxylic acids is 1. The summed E-state index contributed by atoms with van der Waals surface area (Å²) in [5.41, 5.74) is 1.98. The highest BCUT2D eigenvalue weighted by molar-refractivity contribution is 7.98. The van der Waals surface area contributed by atoms with Gasteiger partial charge in [-0.25, -0.2) is 4.79 Å². The molecule has 1 fully saturated rings. The number of thioether (sulfide) groups is 1. The largest absolute Gasteiger partial charge is 0.381 e. The number of nitrogens with one attached hydrogen (secondary N) is 2. The van der Waals surface area contributed by atoms with Crippen molar-refractivity contribution in [2.45, 2.75) is 43.2 Å². The summed E-state index contributed by atoms with van der Waals surface area (Å²) in [5, 5.41) is 6.01. The second kappa shape index (κ2) is 6.99. The SMILES string of the molecule is CO[C@@H]1CC[C@@H](NC(=O)Nc2c(C)cccc2SC)C1. The molecule has 20 heavy (non-hydrogen) atoms. The lowest BCUT2D eigenvalue weighted by Gasteiger charge is -2.16. The van der Waals surface area contributed by atoms with Crippen molar-refractivity contribution >= 4 is 23.5 Å². The Hall–Kier alpha value is -1.20. The number of methoxy groups -OCH3 is 1. The summed E-state index contributed by atoms with van der Waals surface area (Å²) in [6.07, 6.45) is 5.18. The van der Waals surface area contributed by atoms with Gasteiger partial charge in [0, 0.05) is 18.0 Å². The van der Waals surface area contributed by atoms with Crippen LogP contribution in [0.15, 0.2) is 23.1 Å². The van der Waals surface area contributed by atoms with Gasteiger partial charge in [0.25, 0.3) is 0 Å². The molecule has 1 aliphatic rings. The maximum absolute atomic E-state index is 12.1. The standard InChI is InChI=1S/C15H22N2O2S/c1-10-5-4-6-13(20-3)14(10)17-15(18)16-11-7-8-12(9-11)19-2/h4-6,11-12H,7-9H2,1-3H3,(H2,16,17,18)/t11-,12-/m1/s1. The Bertz CT molecular complexity index is 479. The zero-order valence-electron chi connectivity index (χ0n) is 12.2. The molecule has 4 nitrogen and oxygen atoms in total. The fraction of sp³-hybridized carbons (Fsp3) is 0.533. The van der Waals surface area contributed by atoms with E-state index < -0.39 is 0 Å². The van der Waals surface area contributed by atoms with E-state index in [1.807, 2.05) is 31.4 Å². The van der Waals surface area contributed by atoms with Crippen LogP contribution in [0.1, 0.15) is 24.8 Å². The topological polar surface area (TPSA) is 50.4 Å². The number of urea groups is 1. The average Bonchev–Trinajstić information content (AvgIpc) is 2.88. The van der Waals surface area contributed by atoms with Gasteiger partial charge in [-0.2, -0.15) is 0 Å². The molecule has 0 saturated heterocycles. The van der Waals surface area contributed by atoms with Gasteiger partial charge in [0.1, 0.15) is 0 Å². The highest BCUT2D eigenvalue weighted by Crippen LogP contribution is 2.28. The maximum Gasteiger partial charge on any atom is 0.319 e. The summed E-state index contributed by atoms with van der Waals surface area (Å²) >= 11 is 1.64. The van der Waals surface area contributed by atoms with Gasteiger partial charge >= 0.3 is 6.03 Å². The average molecular weight is 294 g/mol. The molecule has 1 aliphatic carbocycles. The molecular weight excluding hydrogens is 272 g/mol. The number of aryl methyl sites for hydroxylation is 1. The Morgan fingerprint density at radius 1 is 1.40 bits per heavy atom. The van der Waals surface area contributed by atoms with Crippen LogP contribution in [-0.2, 0) is 4.74 Å². The molecule has 2 N–H and O–H groups in total. The van der Waals surface area contributed by atoms with Crippen molar-refractivity contribution < 1.29 is 9.53 Å². The zero-order valence-corrected chi connectivity index (χ0v) is 13.0. The van der Waals surface area contributed by atoms with E-state index in [0.717, 1.165) is 35.4 Å². The molecule has 2 atom stereocenters. The molecule has 2 amide bonds. The number of carbonyl (C=O) groups is 1. The number of hydrogen-bond donors (Lipinski definition) is 2. The van der Waals surface area contributed by atoms with Gasteiger partial charge in [0.15, 0.2) is 0 Å². The van der Waals surface area contributed by atoms with E-state index in [0.29, 0.717) is 0 Å². The molecular formula is C15H22N2O2S. The summed E-state index contributed by atoms with van der Waals surface area (Å²) in [6.45, 7) is 2.01. The number of amides is 2. The number of rotatable bonds is 4. The molecule has 2 rings (SSSR count). The number of anilines is 1. The number of ether oxygens (including phenoxy) is 1. The van der Waals surface area contributed by atoms with Crippen LogP contribution in [0.3, 0.4) is 0 Å². The number of benzene rings is 1. The van der Waals surface area contributed by atoms with E-state index in [1.165, 1.54) is 0 Å². The molecule has 0 bridgehead atoms. The van der Waals surface area contributed by atoms with Crippen LogP contribution >= 0.6 is 11.8 Å². The summed E-state index contributed by atoms with van der Waals surface area (Å²) < 4.78 is 5.32. The van der Waals surface area contributed by atoms with Crippen LogP contribution < -0.4 is 10.6 Å². The predicted molar refractivity (Wildman–Crippen MR) is 83.6 cm³/mol. The number of hydrogen-bond acceptors (Lipinski definition) is 3. The van der Waals surface area contributed by atoms with E-state index in [9.17, 15) is 4.79 Å². The van der Waals surface area contributed by atoms with Crippen molar-refractivity contribution in [3.8, 4) is 0 Å². The van der Waals surface area contributed by atoms with Crippen LogP contribution in [0, 0.1) is 6.92 Å². The van der Waals surface area contributed by atoms with Crippen molar-refractivity contribution in [1.82, 2.24) is 5.32 Å². The van der Waals surface area contributed by atoms with Gasteiger partial charge in [-0.05, 0) is 44.1 Å². The van der Waals surface area contributed by atoms with Crippen molar-refractivity contribution in [1.29, 1.82) is 0 Å². The van der Waals surface area contributed by atoms with Crippen LogP contribution in [0.4, 0.5) is 10.5 Å². The second-order valence-electron chi connectivity index (χ2n) is 5.12. The lowest BCUT2D eigenvalue weighted by atomic mass is 10.2. The summed E-state index contributed by atoms with van der Waals surface area (Å²) in [4.78, 5) is 13.2. The normalized spacial score (nSPS) is 21.8. The third kappa shape index (κ3) is 3.67. The third-order valence-corrected chi connectivity index (χ3v) is 4.53. The first-order chi connectivity index (χ1) is 9.63. The second-order valence-corrected chi connectivity index (χ2v) is 5.97. The lowest BCUT2D eigenvalue weighted by Crippen LogP contribution is -2.37. The van der Waals surface area contributed by atoms with E-state index in [2.05, 4.69) is 10.6 Å². The highest BCUT2D eigenvalue weighted by atomic mass is 32.2. The fourth-order valence-corrected chi connectivity index (χ4v) is 3.22. The van der Waals surface area contributed by atoms with Crippen LogP contribution in [0.2, 0.25) is 0 Å². The number of para-hydroxylation sites is 1. The van der Waals surface area contributed by atoms with Gasteiger partial charge in [-0.15, -0.1) is 11.8 Å². The minimum absolute atomic E-state index is 0.128. The molecule has 0 heterocycles. The van der Waals surface area contributed by atoms with Crippen LogP contribution in [0.5, 0.6) is 0 Å². The summed E-state index contributed by atoms with van der Waals surface area (Å²) in [5.74, 6) is 0. The van der Waals surface area contributed by atoms with Gasteiger partial charge in [0.05, 0.1) is 11.8 Å². The molecule has 1 aromatic rings. The fourth-order valence-electron chi connectivity index (χ4n) is 2.59. The highest BCUT2D eigenvalue weighted by Gasteiger charge is 2.25. The molecule has 1 aromatic carbocycles. The molecule has 0 spiro atoms. The van der Waals surface area contributed by atoms with Gasteiger partial charge in [-0.3, -0.25) is 0 Å². The molecule has 0 radical (unpaired) electrons. The Labute approximate surface area is 124 Å². The Balaban J connectivity index is 1.95. The Kier molecular flexibility index (Phi) is 5.31. The first kappa shape index (κ1) is 15.2. The lowest BCUT2D eigenvalue weighted by molar-refractivity contribution is 0.107. The minimum Gasteiger partial charge on any atom is -0.381 e. The molecule has 5 heteroatoms. The summed E-state index contributed by atoms with van der Waals surface area (Å²) in [7, 11) is 1.73. The third-order valence-electron chi connectivity index (χ3n) is 3.75.